The Kier molecular flexibility index (Phi) is 3.05. The SMILES string of the molecule is CN(C)c1ccncc1NCc1ccn[nH]1. The van der Waals surface area contributed by atoms with Gasteiger partial charge in [-0.25, -0.2) is 0 Å². The first-order chi connectivity index (χ1) is 7.77. The molecule has 0 saturated heterocycles. The minimum absolute atomic E-state index is 0.715. The molecule has 0 unspecified atom stereocenters. The van der Waals surface area contributed by atoms with Crippen LogP contribution in [-0.2, 0) is 6.54 Å². The maximum absolute atomic E-state index is 4.11. The van der Waals surface area contributed by atoms with Crippen molar-refractivity contribution < 1.29 is 0 Å². The quantitative estimate of drug-likeness (QED) is 0.814. The Morgan fingerprint density at radius 1 is 1.31 bits per heavy atom. The number of H-pyrrole nitrogens is 1. The molecule has 5 heteroatoms. The fraction of sp³-hybridized carbons (Fsp3) is 0.273. The molecule has 0 aliphatic rings. The summed E-state index contributed by atoms with van der Waals surface area (Å²) >= 11 is 0. The van der Waals surface area contributed by atoms with Crippen molar-refractivity contribution in [3.8, 4) is 0 Å². The summed E-state index contributed by atoms with van der Waals surface area (Å²) in [6.45, 7) is 0.715. The van der Waals surface area contributed by atoms with Gasteiger partial charge in [-0.1, -0.05) is 0 Å². The monoisotopic (exact) mass is 217 g/mol. The molecule has 0 spiro atoms. The molecule has 2 rings (SSSR count). The minimum Gasteiger partial charge on any atom is -0.376 e. The van der Waals surface area contributed by atoms with E-state index < -0.39 is 0 Å². The fourth-order valence-electron chi connectivity index (χ4n) is 1.49. The van der Waals surface area contributed by atoms with E-state index in [1.165, 1.54) is 0 Å². The van der Waals surface area contributed by atoms with Gasteiger partial charge in [-0.15, -0.1) is 0 Å². The molecule has 2 aromatic rings. The van der Waals surface area contributed by atoms with Crippen LogP contribution in [0.25, 0.3) is 0 Å². The Hall–Kier alpha value is -2.04. The molecular weight excluding hydrogens is 202 g/mol. The number of anilines is 2. The summed E-state index contributed by atoms with van der Waals surface area (Å²) in [4.78, 5) is 6.17. The first-order valence-electron chi connectivity index (χ1n) is 5.11. The van der Waals surface area contributed by atoms with Gasteiger partial charge in [-0.05, 0) is 12.1 Å². The number of aromatic amines is 1. The molecule has 2 heterocycles. The molecule has 0 amide bonds. The smallest absolute Gasteiger partial charge is 0.0767 e. The van der Waals surface area contributed by atoms with Crippen molar-refractivity contribution in [3.05, 3.63) is 36.4 Å². The molecule has 16 heavy (non-hydrogen) atoms. The summed E-state index contributed by atoms with van der Waals surface area (Å²) in [5.41, 5.74) is 3.19. The Balaban J connectivity index is 2.09. The van der Waals surface area contributed by atoms with Gasteiger partial charge < -0.3 is 10.2 Å². The first-order valence-corrected chi connectivity index (χ1v) is 5.11. The Bertz CT molecular complexity index is 435. The van der Waals surface area contributed by atoms with Crippen LogP contribution in [0.3, 0.4) is 0 Å². The van der Waals surface area contributed by atoms with Crippen molar-refractivity contribution in [2.75, 3.05) is 24.3 Å². The van der Waals surface area contributed by atoms with Crippen LogP contribution in [0.5, 0.6) is 0 Å². The number of hydrogen-bond acceptors (Lipinski definition) is 4. The van der Waals surface area contributed by atoms with E-state index in [9.17, 15) is 0 Å². The van der Waals surface area contributed by atoms with Crippen LogP contribution in [-0.4, -0.2) is 29.3 Å². The molecule has 5 nitrogen and oxygen atoms in total. The van der Waals surface area contributed by atoms with Crippen LogP contribution in [0.2, 0.25) is 0 Å². The topological polar surface area (TPSA) is 56.8 Å². The van der Waals surface area contributed by atoms with Crippen molar-refractivity contribution in [3.63, 3.8) is 0 Å². The number of aromatic nitrogens is 3. The highest BCUT2D eigenvalue weighted by Gasteiger charge is 2.03. The third kappa shape index (κ3) is 2.31. The summed E-state index contributed by atoms with van der Waals surface area (Å²) in [7, 11) is 4.02. The van der Waals surface area contributed by atoms with Crippen LogP contribution < -0.4 is 10.2 Å². The highest BCUT2D eigenvalue weighted by Crippen LogP contribution is 2.22. The van der Waals surface area contributed by atoms with Gasteiger partial charge in [-0.2, -0.15) is 5.10 Å². The normalized spacial score (nSPS) is 10.1. The van der Waals surface area contributed by atoms with Gasteiger partial charge in [0.15, 0.2) is 0 Å². The van der Waals surface area contributed by atoms with Crippen molar-refractivity contribution in [2.45, 2.75) is 6.54 Å². The lowest BCUT2D eigenvalue weighted by Gasteiger charge is -2.17. The lowest BCUT2D eigenvalue weighted by atomic mass is 10.3. The Labute approximate surface area is 94.5 Å². The summed E-state index contributed by atoms with van der Waals surface area (Å²) in [6, 6.07) is 3.92. The third-order valence-electron chi connectivity index (χ3n) is 2.31. The van der Waals surface area contributed by atoms with Crippen molar-refractivity contribution in [1.82, 2.24) is 15.2 Å². The molecule has 0 fully saturated rings. The minimum atomic E-state index is 0.715. The highest BCUT2D eigenvalue weighted by atomic mass is 15.1. The van der Waals surface area contributed by atoms with E-state index in [-0.39, 0.29) is 0 Å². The molecular formula is C11H15N5. The van der Waals surface area contributed by atoms with E-state index in [1.54, 1.807) is 12.4 Å². The number of nitrogens with zero attached hydrogens (tertiary/aromatic N) is 3. The average molecular weight is 217 g/mol. The third-order valence-corrected chi connectivity index (χ3v) is 2.31. The molecule has 0 atom stereocenters. The van der Waals surface area contributed by atoms with Gasteiger partial charge in [0.05, 0.1) is 29.8 Å². The molecule has 84 valence electrons. The van der Waals surface area contributed by atoms with Gasteiger partial charge in [-0.3, -0.25) is 10.1 Å². The van der Waals surface area contributed by atoms with Crippen molar-refractivity contribution in [2.24, 2.45) is 0 Å². The maximum atomic E-state index is 4.11. The van der Waals surface area contributed by atoms with Crippen molar-refractivity contribution in [1.29, 1.82) is 0 Å². The number of nitrogens with one attached hydrogen (secondary N) is 2. The zero-order valence-corrected chi connectivity index (χ0v) is 9.44. The Morgan fingerprint density at radius 3 is 2.88 bits per heavy atom. The molecule has 0 radical (unpaired) electrons. The molecule has 2 aromatic heterocycles. The lowest BCUT2D eigenvalue weighted by molar-refractivity contribution is 0.977. The number of pyridine rings is 1. The zero-order valence-electron chi connectivity index (χ0n) is 9.44. The molecule has 0 aliphatic carbocycles. The van der Waals surface area contributed by atoms with Gasteiger partial charge in [0.2, 0.25) is 0 Å². The van der Waals surface area contributed by atoms with E-state index in [2.05, 4.69) is 25.4 Å². The molecule has 0 aromatic carbocycles. The van der Waals surface area contributed by atoms with Crippen LogP contribution in [0.1, 0.15) is 5.69 Å². The number of hydrogen-bond donors (Lipinski definition) is 2. The van der Waals surface area contributed by atoms with Crippen LogP contribution in [0.4, 0.5) is 11.4 Å². The summed E-state index contributed by atoms with van der Waals surface area (Å²) in [6.07, 6.45) is 5.36. The van der Waals surface area contributed by atoms with Crippen molar-refractivity contribution >= 4 is 11.4 Å². The summed E-state index contributed by atoms with van der Waals surface area (Å²) in [5.74, 6) is 0. The predicted octanol–water partition coefficient (Wildman–Crippen LogP) is 1.48. The number of rotatable bonds is 4. The van der Waals surface area contributed by atoms with E-state index in [0.717, 1.165) is 17.1 Å². The molecule has 0 bridgehead atoms. The van der Waals surface area contributed by atoms with Crippen LogP contribution in [0, 0.1) is 0 Å². The van der Waals surface area contributed by atoms with E-state index >= 15 is 0 Å². The molecule has 2 N–H and O–H groups in total. The maximum Gasteiger partial charge on any atom is 0.0767 e. The summed E-state index contributed by atoms with van der Waals surface area (Å²) in [5, 5.41) is 10.1. The highest BCUT2D eigenvalue weighted by molar-refractivity contribution is 5.67. The van der Waals surface area contributed by atoms with Gasteiger partial charge in [0.25, 0.3) is 0 Å². The largest absolute Gasteiger partial charge is 0.376 e. The van der Waals surface area contributed by atoms with E-state index in [1.807, 2.05) is 32.4 Å². The van der Waals surface area contributed by atoms with Gasteiger partial charge in [0.1, 0.15) is 0 Å². The van der Waals surface area contributed by atoms with Crippen LogP contribution >= 0.6 is 0 Å². The fourth-order valence-corrected chi connectivity index (χ4v) is 1.49. The second-order valence-electron chi connectivity index (χ2n) is 3.72. The predicted molar refractivity (Wildman–Crippen MR) is 64.5 cm³/mol. The zero-order chi connectivity index (χ0) is 11.4. The van der Waals surface area contributed by atoms with E-state index in [0.29, 0.717) is 6.54 Å². The second-order valence-corrected chi connectivity index (χ2v) is 3.72. The van der Waals surface area contributed by atoms with Gasteiger partial charge >= 0.3 is 0 Å². The second kappa shape index (κ2) is 4.65. The van der Waals surface area contributed by atoms with Gasteiger partial charge in [0, 0.05) is 26.5 Å². The molecule has 0 saturated carbocycles. The summed E-state index contributed by atoms with van der Waals surface area (Å²) < 4.78 is 0. The average Bonchev–Trinajstić information content (AvgIpc) is 2.79. The lowest BCUT2D eigenvalue weighted by Crippen LogP contribution is -2.12. The first kappa shape index (κ1) is 10.5. The Morgan fingerprint density at radius 2 is 2.19 bits per heavy atom. The standard InChI is InChI=1S/C11H15N5/c1-16(2)11-4-5-12-8-10(11)13-7-9-3-6-14-15-9/h3-6,8,13H,7H2,1-2H3,(H,14,15). The van der Waals surface area contributed by atoms with E-state index in [4.69, 9.17) is 0 Å². The van der Waals surface area contributed by atoms with Crippen LogP contribution in [0.15, 0.2) is 30.7 Å². The molecule has 0 aliphatic heterocycles.